The molecule has 2 amide bonds. The first-order valence-electron chi connectivity index (χ1n) is 14.3. The highest BCUT2D eigenvalue weighted by atomic mass is 35.5. The van der Waals surface area contributed by atoms with Crippen molar-refractivity contribution in [2.24, 2.45) is 0 Å². The van der Waals surface area contributed by atoms with E-state index in [0.29, 0.717) is 23.6 Å². The molecule has 1 N–H and O–H groups in total. The number of hydrogen-bond donors (Lipinski definition) is 1. The summed E-state index contributed by atoms with van der Waals surface area (Å²) in [6.45, 7) is 8.14. The summed E-state index contributed by atoms with van der Waals surface area (Å²) < 4.78 is 26.8. The molecule has 0 fully saturated rings. The smallest absolute Gasteiger partial charge is 0.243 e. The van der Waals surface area contributed by atoms with Crippen LogP contribution in [0.3, 0.4) is 0 Å². The minimum Gasteiger partial charge on any atom is -0.352 e. The molecule has 9 heteroatoms. The number of hydrogen-bond acceptors (Lipinski definition) is 4. The van der Waals surface area contributed by atoms with Crippen molar-refractivity contribution in [1.82, 2.24) is 10.2 Å². The van der Waals surface area contributed by atoms with Crippen LogP contribution < -0.4 is 9.62 Å². The Bertz CT molecular complexity index is 1430. The Balaban J connectivity index is 1.90. The normalized spacial score (nSPS) is 12.8. The van der Waals surface area contributed by atoms with Crippen molar-refractivity contribution in [3.05, 3.63) is 100 Å². The molecule has 0 unspecified atom stereocenters. The Hall–Kier alpha value is -3.36. The third-order valence-corrected chi connectivity index (χ3v) is 8.63. The summed E-state index contributed by atoms with van der Waals surface area (Å²) >= 11 is 6.11. The molecule has 0 radical (unpaired) electrons. The molecule has 3 aromatic carbocycles. The average molecular weight is 612 g/mol. The molecular weight excluding hydrogens is 570 g/mol. The van der Waals surface area contributed by atoms with Gasteiger partial charge in [0.2, 0.25) is 21.8 Å². The number of carbonyl (C=O) groups excluding carboxylic acids is 2. The van der Waals surface area contributed by atoms with Crippen molar-refractivity contribution in [2.75, 3.05) is 17.1 Å². The highest BCUT2D eigenvalue weighted by Gasteiger charge is 2.31. The van der Waals surface area contributed by atoms with Gasteiger partial charge in [-0.25, -0.2) is 8.42 Å². The average Bonchev–Trinajstić information content (AvgIpc) is 2.93. The predicted molar refractivity (Wildman–Crippen MR) is 171 cm³/mol. The van der Waals surface area contributed by atoms with E-state index in [-0.39, 0.29) is 37.4 Å². The summed E-state index contributed by atoms with van der Waals surface area (Å²) in [5, 5.41) is 3.65. The van der Waals surface area contributed by atoms with Gasteiger partial charge in [0, 0.05) is 37.0 Å². The summed E-state index contributed by atoms with van der Waals surface area (Å²) in [4.78, 5) is 29.2. The second kappa shape index (κ2) is 15.2. The van der Waals surface area contributed by atoms with Crippen molar-refractivity contribution in [2.45, 2.75) is 72.0 Å². The van der Waals surface area contributed by atoms with E-state index in [4.69, 9.17) is 11.6 Å². The summed E-state index contributed by atoms with van der Waals surface area (Å²) in [7, 11) is -3.58. The molecule has 0 spiro atoms. The highest BCUT2D eigenvalue weighted by molar-refractivity contribution is 7.92. The maximum Gasteiger partial charge on any atom is 0.243 e. The Morgan fingerprint density at radius 3 is 2.12 bits per heavy atom. The summed E-state index contributed by atoms with van der Waals surface area (Å²) in [5.74, 6) is -0.442. The predicted octanol–water partition coefficient (Wildman–Crippen LogP) is 6.06. The number of halogens is 1. The maximum absolute atomic E-state index is 13.9. The second-order valence-electron chi connectivity index (χ2n) is 11.0. The number of sulfonamides is 1. The van der Waals surface area contributed by atoms with E-state index in [0.717, 1.165) is 28.7 Å². The van der Waals surface area contributed by atoms with Gasteiger partial charge in [0.25, 0.3) is 0 Å². The third-order valence-electron chi connectivity index (χ3n) is 7.18. The molecular formula is C33H42ClN3O4S. The van der Waals surface area contributed by atoms with Crippen LogP contribution in [-0.2, 0) is 32.6 Å². The number of anilines is 1. The number of aryl methyl sites for hydroxylation is 2. The van der Waals surface area contributed by atoms with Gasteiger partial charge in [-0.05, 0) is 80.1 Å². The zero-order valence-corrected chi connectivity index (χ0v) is 26.7. The van der Waals surface area contributed by atoms with Gasteiger partial charge in [0.1, 0.15) is 6.04 Å². The van der Waals surface area contributed by atoms with Gasteiger partial charge in [-0.15, -0.1) is 0 Å². The van der Waals surface area contributed by atoms with Crippen molar-refractivity contribution in [1.29, 1.82) is 0 Å². The van der Waals surface area contributed by atoms with Crippen LogP contribution in [0.5, 0.6) is 0 Å². The molecule has 0 saturated heterocycles. The van der Waals surface area contributed by atoms with Crippen LogP contribution in [0.4, 0.5) is 5.69 Å². The van der Waals surface area contributed by atoms with E-state index >= 15 is 0 Å². The molecule has 0 aliphatic heterocycles. The van der Waals surface area contributed by atoms with Gasteiger partial charge in [-0.1, -0.05) is 67.1 Å². The Morgan fingerprint density at radius 1 is 0.929 bits per heavy atom. The Labute approximate surface area is 255 Å². The summed E-state index contributed by atoms with van der Waals surface area (Å²) in [6, 6.07) is 21.7. The minimum absolute atomic E-state index is 0.0515. The molecule has 0 aliphatic carbocycles. The minimum atomic E-state index is -3.58. The fourth-order valence-electron chi connectivity index (χ4n) is 4.88. The fraction of sp³-hybridized carbons (Fsp3) is 0.394. The van der Waals surface area contributed by atoms with Crippen LogP contribution in [0.2, 0.25) is 5.02 Å². The molecule has 2 atom stereocenters. The monoisotopic (exact) mass is 611 g/mol. The number of nitrogens with one attached hydrogen (secondary N) is 1. The highest BCUT2D eigenvalue weighted by Crippen LogP contribution is 2.23. The van der Waals surface area contributed by atoms with Gasteiger partial charge >= 0.3 is 0 Å². The third kappa shape index (κ3) is 9.88. The largest absolute Gasteiger partial charge is 0.352 e. The lowest BCUT2D eigenvalue weighted by Crippen LogP contribution is -2.52. The number of amides is 2. The van der Waals surface area contributed by atoms with E-state index in [1.807, 2.05) is 88.4 Å². The van der Waals surface area contributed by atoms with Crippen LogP contribution in [0.1, 0.15) is 55.4 Å². The SMILES string of the molecule is CC[C@H](C)NC(=O)[C@H](Cc1ccccc1)N(Cc1ccc(Cl)cc1)C(=O)CCCN(c1cc(C)cc(C)c1)S(C)(=O)=O. The van der Waals surface area contributed by atoms with Gasteiger partial charge in [-0.3, -0.25) is 13.9 Å². The standard InChI is InChI=1S/C33H42ClN3O4S/c1-6-26(4)35-33(39)31(22-27-11-8-7-9-12-27)36(23-28-14-16-29(34)17-15-28)32(38)13-10-18-37(42(5,40)41)30-20-24(2)19-25(3)21-30/h7-9,11-12,14-17,19-21,26,31H,6,10,13,18,22-23H2,1-5H3,(H,35,39)/t26-,31-/m0/s1. The van der Waals surface area contributed by atoms with E-state index < -0.39 is 16.1 Å². The van der Waals surface area contributed by atoms with Crippen molar-refractivity contribution < 1.29 is 18.0 Å². The van der Waals surface area contributed by atoms with Crippen molar-refractivity contribution in [3.8, 4) is 0 Å². The Morgan fingerprint density at radius 2 is 1.55 bits per heavy atom. The van der Waals surface area contributed by atoms with E-state index in [1.54, 1.807) is 17.0 Å². The fourth-order valence-corrected chi connectivity index (χ4v) is 5.96. The lowest BCUT2D eigenvalue weighted by molar-refractivity contribution is -0.141. The lowest BCUT2D eigenvalue weighted by Gasteiger charge is -2.32. The summed E-state index contributed by atoms with van der Waals surface area (Å²) in [6.07, 6.45) is 2.65. The zero-order valence-electron chi connectivity index (χ0n) is 25.1. The van der Waals surface area contributed by atoms with Crippen LogP contribution >= 0.6 is 11.6 Å². The molecule has 7 nitrogen and oxygen atoms in total. The molecule has 3 aromatic rings. The number of carbonyl (C=O) groups is 2. The van der Waals surface area contributed by atoms with Crippen LogP contribution in [0, 0.1) is 13.8 Å². The second-order valence-corrected chi connectivity index (χ2v) is 13.3. The molecule has 3 rings (SSSR count). The lowest BCUT2D eigenvalue weighted by atomic mass is 10.0. The number of rotatable bonds is 14. The molecule has 0 aliphatic rings. The molecule has 0 aromatic heterocycles. The first kappa shape index (κ1) is 33.1. The Kier molecular flexibility index (Phi) is 12.0. The van der Waals surface area contributed by atoms with Crippen LogP contribution in [0.15, 0.2) is 72.8 Å². The molecule has 0 saturated carbocycles. The summed E-state index contributed by atoms with van der Waals surface area (Å²) in [5.41, 5.74) is 4.28. The number of nitrogens with zero attached hydrogens (tertiary/aromatic N) is 2. The molecule has 226 valence electrons. The topological polar surface area (TPSA) is 86.8 Å². The van der Waals surface area contributed by atoms with Crippen LogP contribution in [-0.4, -0.2) is 50.0 Å². The molecule has 42 heavy (non-hydrogen) atoms. The maximum atomic E-state index is 13.9. The van der Waals surface area contributed by atoms with Gasteiger partial charge in [0.15, 0.2) is 0 Å². The van der Waals surface area contributed by atoms with Gasteiger partial charge in [0.05, 0.1) is 11.9 Å². The zero-order chi connectivity index (χ0) is 30.9. The molecule has 0 bridgehead atoms. The first-order valence-corrected chi connectivity index (χ1v) is 16.5. The van der Waals surface area contributed by atoms with Gasteiger partial charge in [-0.2, -0.15) is 0 Å². The van der Waals surface area contributed by atoms with Crippen molar-refractivity contribution >= 4 is 39.1 Å². The quantitative estimate of drug-likeness (QED) is 0.240. The molecule has 0 heterocycles. The van der Waals surface area contributed by atoms with E-state index in [1.165, 1.54) is 10.6 Å². The van der Waals surface area contributed by atoms with Gasteiger partial charge < -0.3 is 10.2 Å². The van der Waals surface area contributed by atoms with E-state index in [9.17, 15) is 18.0 Å². The van der Waals surface area contributed by atoms with Crippen LogP contribution in [0.25, 0.3) is 0 Å². The van der Waals surface area contributed by atoms with Crippen molar-refractivity contribution in [3.63, 3.8) is 0 Å². The van der Waals surface area contributed by atoms with E-state index in [2.05, 4.69) is 5.32 Å². The first-order chi connectivity index (χ1) is 19.9. The number of benzene rings is 3.